The molecule has 3 unspecified atom stereocenters. The highest BCUT2D eigenvalue weighted by Crippen LogP contribution is 2.33. The van der Waals surface area contributed by atoms with Gasteiger partial charge < -0.3 is 0 Å². The summed E-state index contributed by atoms with van der Waals surface area (Å²) in [6.45, 7) is 20.3. The van der Waals surface area contributed by atoms with Gasteiger partial charge in [0.2, 0.25) is 0 Å². The lowest BCUT2D eigenvalue weighted by atomic mass is 9.81. The maximum atomic E-state index is 12.0. The van der Waals surface area contributed by atoms with Crippen LogP contribution in [0.1, 0.15) is 123 Å². The Kier molecular flexibility index (Phi) is 24.6. The summed E-state index contributed by atoms with van der Waals surface area (Å²) in [7, 11) is 0. The fraction of sp³-hybridized carbons (Fsp3) is 0.397. The van der Waals surface area contributed by atoms with E-state index < -0.39 is 0 Å². The molecular weight excluding hydrogens is 1240 g/mol. The molecule has 8 aliphatic rings. The number of amides is 16. The summed E-state index contributed by atoms with van der Waals surface area (Å²) >= 11 is 0. The smallest absolute Gasteiger partial charge is 0.258 e. The van der Waals surface area contributed by atoms with E-state index in [9.17, 15) is 76.7 Å². The van der Waals surface area contributed by atoms with E-state index >= 15 is 0 Å². The third-order valence-electron chi connectivity index (χ3n) is 17.2. The molecular formula is C73H82N8O16. The molecule has 0 fully saturated rings. The van der Waals surface area contributed by atoms with E-state index in [1.807, 2.05) is 98.7 Å². The second-order valence-electron chi connectivity index (χ2n) is 26.6. The fourth-order valence-electron chi connectivity index (χ4n) is 12.5. The molecule has 0 bridgehead atoms. The molecule has 24 heteroatoms. The lowest BCUT2D eigenvalue weighted by molar-refractivity contribution is -0.140. The van der Waals surface area contributed by atoms with Gasteiger partial charge in [-0.1, -0.05) is 86.6 Å². The highest BCUT2D eigenvalue weighted by molar-refractivity contribution is 6.29. The molecule has 2 aromatic carbocycles. The summed E-state index contributed by atoms with van der Waals surface area (Å²) in [5, 5.41) is 0. The lowest BCUT2D eigenvalue weighted by Crippen LogP contribution is -2.39. The molecule has 0 saturated heterocycles. The van der Waals surface area contributed by atoms with Gasteiger partial charge in [-0.15, -0.1) is 0 Å². The van der Waals surface area contributed by atoms with Crippen molar-refractivity contribution < 1.29 is 76.7 Å². The van der Waals surface area contributed by atoms with Crippen LogP contribution < -0.4 is 9.80 Å². The largest absolute Gasteiger partial charge is 0.275 e. The van der Waals surface area contributed by atoms with E-state index in [0.29, 0.717) is 89.2 Å². The lowest BCUT2D eigenvalue weighted by Gasteiger charge is -2.32. The topological polar surface area (TPSA) is 299 Å². The average Bonchev–Trinajstić information content (AvgIpc) is 1.82. The van der Waals surface area contributed by atoms with Crippen LogP contribution in [0.5, 0.6) is 0 Å². The third kappa shape index (κ3) is 19.3. The minimum absolute atomic E-state index is 0.128. The van der Waals surface area contributed by atoms with Crippen LogP contribution in [-0.4, -0.2) is 163 Å². The second kappa shape index (κ2) is 32.3. The molecule has 0 N–H and O–H groups in total. The van der Waals surface area contributed by atoms with E-state index in [-0.39, 0.29) is 123 Å². The molecule has 3 atom stereocenters. The Morgan fingerprint density at radius 2 is 0.588 bits per heavy atom. The number of hydrogen-bond donors (Lipinski definition) is 0. The van der Waals surface area contributed by atoms with Crippen LogP contribution in [0, 0.1) is 28.6 Å². The molecule has 0 radical (unpaired) electrons. The molecule has 0 aliphatic carbocycles. The van der Waals surface area contributed by atoms with Crippen LogP contribution >= 0.6 is 0 Å². The minimum Gasteiger partial charge on any atom is -0.275 e. The van der Waals surface area contributed by atoms with Crippen LogP contribution in [-0.2, 0) is 96.0 Å². The van der Waals surface area contributed by atoms with E-state index in [0.717, 1.165) is 41.5 Å². The van der Waals surface area contributed by atoms with Crippen molar-refractivity contribution in [1.29, 1.82) is 0 Å². The maximum Gasteiger partial charge on any atom is 0.258 e. The van der Waals surface area contributed by atoms with Crippen LogP contribution in [0.3, 0.4) is 0 Å². The molecule has 2 aromatic rings. The van der Waals surface area contributed by atoms with Gasteiger partial charge in [0.25, 0.3) is 94.5 Å². The Bertz CT molecular complexity index is 3520. The van der Waals surface area contributed by atoms with E-state index in [1.54, 1.807) is 0 Å². The summed E-state index contributed by atoms with van der Waals surface area (Å²) < 4.78 is 0. The Labute approximate surface area is 563 Å². The first-order valence-corrected chi connectivity index (χ1v) is 32.4. The Morgan fingerprint density at radius 3 is 0.887 bits per heavy atom. The molecule has 10 rings (SSSR count). The highest BCUT2D eigenvalue weighted by atomic mass is 16.2. The van der Waals surface area contributed by atoms with Gasteiger partial charge in [-0.2, -0.15) is 0 Å². The molecule has 8 aliphatic heterocycles. The Morgan fingerprint density at radius 1 is 0.320 bits per heavy atom. The van der Waals surface area contributed by atoms with Gasteiger partial charge in [-0.05, 0) is 121 Å². The number of anilines is 2. The van der Waals surface area contributed by atoms with Crippen molar-refractivity contribution in [2.45, 2.75) is 120 Å². The number of aryl methyl sites for hydroxylation is 2. The molecule has 0 saturated carbocycles. The zero-order chi connectivity index (χ0) is 71.2. The highest BCUT2D eigenvalue weighted by Gasteiger charge is 2.36. The zero-order valence-corrected chi connectivity index (χ0v) is 56.2. The van der Waals surface area contributed by atoms with Gasteiger partial charge in [0.1, 0.15) is 0 Å². The normalized spacial score (nSPS) is 18.3. The van der Waals surface area contributed by atoms with Gasteiger partial charge in [0, 0.05) is 136 Å². The van der Waals surface area contributed by atoms with Gasteiger partial charge >= 0.3 is 0 Å². The second-order valence-corrected chi connectivity index (χ2v) is 26.6. The number of rotatable bonds is 26. The zero-order valence-electron chi connectivity index (χ0n) is 56.2. The van der Waals surface area contributed by atoms with Crippen molar-refractivity contribution in [2.75, 3.05) is 49.1 Å². The first kappa shape index (κ1) is 73.9. The van der Waals surface area contributed by atoms with Crippen LogP contribution in [0.2, 0.25) is 0 Å². The summed E-state index contributed by atoms with van der Waals surface area (Å²) in [6, 6.07) is 11.5. The predicted molar refractivity (Wildman–Crippen MR) is 356 cm³/mol. The van der Waals surface area contributed by atoms with E-state index in [1.165, 1.54) is 136 Å². The van der Waals surface area contributed by atoms with Crippen LogP contribution in [0.4, 0.5) is 11.4 Å². The molecule has 510 valence electrons. The summed E-state index contributed by atoms with van der Waals surface area (Å²) in [5.74, 6) is -3.90. The van der Waals surface area contributed by atoms with Crippen molar-refractivity contribution in [3.05, 3.63) is 156 Å². The number of hydrogen-bond acceptors (Lipinski definition) is 16. The molecule has 0 spiro atoms. The first-order valence-electron chi connectivity index (χ1n) is 32.4. The first-order chi connectivity index (χ1) is 45.8. The van der Waals surface area contributed by atoms with Gasteiger partial charge in [-0.3, -0.25) is 106 Å². The molecule has 24 nitrogen and oxygen atoms in total. The van der Waals surface area contributed by atoms with Crippen molar-refractivity contribution in [1.82, 2.24) is 29.4 Å². The van der Waals surface area contributed by atoms with E-state index in [2.05, 4.69) is 0 Å². The molecule has 8 heterocycles. The SMILES string of the molecule is CC(CCCN1C(=O)C=CC1=O)CN1C(=O)C=CC1=O.CC(CCN1C(=O)C=CC1=O)CC(C)(C)CN1C(=O)C=CC1=O.CC(CCN1C(=O)C=CC1=O)CC(C)(C)CN1C(=O)C=CC1=O.CCc1cc(Cc2ccc(N3C(=O)C=CC3=O)c(CC)c2)ccc1N1C(=O)C=CC1=O. The quantitative estimate of drug-likeness (QED) is 0.0965. The summed E-state index contributed by atoms with van der Waals surface area (Å²) in [5.41, 5.74) is 4.74. The fourth-order valence-corrected chi connectivity index (χ4v) is 12.5. The van der Waals surface area contributed by atoms with Crippen molar-refractivity contribution in [3.8, 4) is 0 Å². The number of benzene rings is 2. The summed E-state index contributed by atoms with van der Waals surface area (Å²) in [6.07, 6.45) is 26.9. The maximum absolute atomic E-state index is 12.0. The van der Waals surface area contributed by atoms with Crippen molar-refractivity contribution >= 4 is 106 Å². The Hall–Kier alpha value is -10.5. The Balaban J connectivity index is 0.000000185. The van der Waals surface area contributed by atoms with Gasteiger partial charge in [0.05, 0.1) is 11.4 Å². The summed E-state index contributed by atoms with van der Waals surface area (Å²) in [4.78, 5) is 196. The molecule has 16 amide bonds. The van der Waals surface area contributed by atoms with E-state index in [4.69, 9.17) is 0 Å². The molecule has 0 aromatic heterocycles. The number of imide groups is 8. The number of nitrogens with zero attached hydrogens (tertiary/aromatic N) is 8. The van der Waals surface area contributed by atoms with Crippen molar-refractivity contribution in [3.63, 3.8) is 0 Å². The standard InChI is InChI=1S/C25H22N2O4.2C17H22N2O4.C14H16N2O4/c1-3-18-14-16(5-7-20(18)26-22(28)9-10-23(26)29)13-17-6-8-21(19(4-2)15-17)27-24(30)11-12-25(27)31;2*1-12(8-9-18-13(20)4-5-14(18)21)10-17(2,3)11-19-15(22)6-7-16(19)23;1-10(9-16-13(19)6-7-14(16)20)3-2-8-15-11(17)4-5-12(15)18/h5-12,14-15H,3-4,13H2,1-2H3;2*4-7,12H,8-11H2,1-3H3;4-7,10H,2-3,8-9H2,1H3. The van der Waals surface area contributed by atoms with Crippen molar-refractivity contribution in [2.24, 2.45) is 28.6 Å². The van der Waals surface area contributed by atoms with Crippen LogP contribution in [0.15, 0.2) is 134 Å². The van der Waals surface area contributed by atoms with Crippen LogP contribution in [0.25, 0.3) is 0 Å². The van der Waals surface area contributed by atoms with Gasteiger partial charge in [-0.25, -0.2) is 9.80 Å². The minimum atomic E-state index is -0.323. The predicted octanol–water partition coefficient (Wildman–Crippen LogP) is 6.07. The van der Waals surface area contributed by atoms with Gasteiger partial charge in [0.15, 0.2) is 0 Å². The monoisotopic (exact) mass is 1330 g/mol. The average molecular weight is 1330 g/mol. The number of carbonyl (C=O) groups is 16. The third-order valence-corrected chi connectivity index (χ3v) is 17.2. The molecule has 97 heavy (non-hydrogen) atoms. The number of carbonyl (C=O) groups excluding carboxylic acids is 16.